The lowest BCUT2D eigenvalue weighted by Crippen LogP contribution is -2.29. The van der Waals surface area contributed by atoms with E-state index in [9.17, 15) is 0 Å². The monoisotopic (exact) mass is 259 g/mol. The van der Waals surface area contributed by atoms with Crippen LogP contribution in [0.15, 0.2) is 34.9 Å². The van der Waals surface area contributed by atoms with Crippen LogP contribution in [0.5, 0.6) is 0 Å². The molecule has 0 amide bonds. The van der Waals surface area contributed by atoms with E-state index in [1.807, 2.05) is 37.4 Å². The van der Waals surface area contributed by atoms with Gasteiger partial charge in [0.1, 0.15) is 0 Å². The number of hydrogen-bond donors (Lipinski definition) is 1. The highest BCUT2D eigenvalue weighted by Crippen LogP contribution is 2.16. The minimum atomic E-state index is 0.379. The van der Waals surface area contributed by atoms with E-state index in [0.29, 0.717) is 23.7 Å². The molecule has 0 bridgehead atoms. The number of likely N-dealkylation sites (N-methyl/N-ethyl adjacent to an activating group) is 1. The van der Waals surface area contributed by atoms with Crippen molar-refractivity contribution in [3.05, 3.63) is 36.2 Å². The highest BCUT2D eigenvalue weighted by Gasteiger charge is 2.15. The Morgan fingerprint density at radius 3 is 2.58 bits per heavy atom. The van der Waals surface area contributed by atoms with Crippen LogP contribution >= 0.6 is 0 Å². The van der Waals surface area contributed by atoms with Crippen molar-refractivity contribution in [2.24, 2.45) is 5.92 Å². The summed E-state index contributed by atoms with van der Waals surface area (Å²) >= 11 is 0. The lowest BCUT2D eigenvalue weighted by Gasteiger charge is -2.15. The fourth-order valence-electron chi connectivity index (χ4n) is 2.13. The molecule has 0 radical (unpaired) electrons. The molecule has 2 aromatic rings. The Hall–Kier alpha value is -1.68. The third-order valence-electron chi connectivity index (χ3n) is 3.09. The van der Waals surface area contributed by atoms with E-state index in [2.05, 4.69) is 29.3 Å². The van der Waals surface area contributed by atoms with Gasteiger partial charge in [-0.3, -0.25) is 0 Å². The van der Waals surface area contributed by atoms with Crippen molar-refractivity contribution < 1.29 is 4.52 Å². The second-order valence-corrected chi connectivity index (χ2v) is 5.20. The molecule has 1 aromatic heterocycles. The first-order valence-electron chi connectivity index (χ1n) is 6.74. The largest absolute Gasteiger partial charge is 0.339 e. The van der Waals surface area contributed by atoms with Crippen molar-refractivity contribution in [2.45, 2.75) is 32.7 Å². The van der Waals surface area contributed by atoms with Crippen LogP contribution in [0.2, 0.25) is 0 Å². The van der Waals surface area contributed by atoms with Crippen LogP contribution in [0.1, 0.15) is 26.2 Å². The molecule has 102 valence electrons. The summed E-state index contributed by atoms with van der Waals surface area (Å²) in [5.74, 6) is 2.00. The molecule has 0 aliphatic heterocycles. The smallest absolute Gasteiger partial charge is 0.228 e. The molecule has 0 aliphatic rings. The SMILES string of the molecule is CNC(Cc1nc(-c2ccccc2)no1)CC(C)C. The zero-order chi connectivity index (χ0) is 13.7. The predicted molar refractivity (Wildman–Crippen MR) is 75.7 cm³/mol. The van der Waals surface area contributed by atoms with Gasteiger partial charge in [-0.25, -0.2) is 0 Å². The highest BCUT2D eigenvalue weighted by atomic mass is 16.5. The molecule has 0 saturated carbocycles. The summed E-state index contributed by atoms with van der Waals surface area (Å²) in [7, 11) is 1.97. The first-order valence-corrected chi connectivity index (χ1v) is 6.74. The first-order chi connectivity index (χ1) is 9.19. The summed E-state index contributed by atoms with van der Waals surface area (Å²) in [5, 5.41) is 7.34. The molecular formula is C15H21N3O. The molecule has 1 N–H and O–H groups in total. The van der Waals surface area contributed by atoms with E-state index >= 15 is 0 Å². The van der Waals surface area contributed by atoms with Gasteiger partial charge in [0.25, 0.3) is 0 Å². The van der Waals surface area contributed by atoms with Gasteiger partial charge < -0.3 is 9.84 Å². The average Bonchev–Trinajstić information content (AvgIpc) is 2.87. The van der Waals surface area contributed by atoms with E-state index in [4.69, 9.17) is 4.52 Å². The molecule has 1 aromatic carbocycles. The fraction of sp³-hybridized carbons (Fsp3) is 0.467. The average molecular weight is 259 g/mol. The molecule has 0 saturated heterocycles. The van der Waals surface area contributed by atoms with E-state index < -0.39 is 0 Å². The first kappa shape index (κ1) is 13.7. The third-order valence-corrected chi connectivity index (χ3v) is 3.09. The number of nitrogens with zero attached hydrogens (tertiary/aromatic N) is 2. The summed E-state index contributed by atoms with van der Waals surface area (Å²) in [6.45, 7) is 4.43. The molecule has 0 spiro atoms. The van der Waals surface area contributed by atoms with Gasteiger partial charge >= 0.3 is 0 Å². The van der Waals surface area contributed by atoms with E-state index in [1.54, 1.807) is 0 Å². The minimum Gasteiger partial charge on any atom is -0.339 e. The Morgan fingerprint density at radius 2 is 1.95 bits per heavy atom. The summed E-state index contributed by atoms with van der Waals surface area (Å²) in [5.41, 5.74) is 0.988. The lowest BCUT2D eigenvalue weighted by molar-refractivity contribution is 0.345. The normalized spacial score (nSPS) is 12.8. The van der Waals surface area contributed by atoms with Gasteiger partial charge in [0.15, 0.2) is 0 Å². The fourth-order valence-corrected chi connectivity index (χ4v) is 2.13. The molecule has 19 heavy (non-hydrogen) atoms. The van der Waals surface area contributed by atoms with Gasteiger partial charge in [0.05, 0.1) is 0 Å². The summed E-state index contributed by atoms with van der Waals surface area (Å²) in [6.07, 6.45) is 1.87. The van der Waals surface area contributed by atoms with Crippen molar-refractivity contribution in [1.82, 2.24) is 15.5 Å². The number of nitrogens with one attached hydrogen (secondary N) is 1. The molecule has 2 rings (SSSR count). The van der Waals surface area contributed by atoms with Crippen molar-refractivity contribution in [1.29, 1.82) is 0 Å². The molecule has 1 heterocycles. The zero-order valence-corrected chi connectivity index (χ0v) is 11.8. The van der Waals surface area contributed by atoms with E-state index in [0.717, 1.165) is 18.4 Å². The Bertz CT molecular complexity index is 493. The van der Waals surface area contributed by atoms with Crippen LogP contribution in [-0.4, -0.2) is 23.2 Å². The van der Waals surface area contributed by atoms with Crippen molar-refractivity contribution >= 4 is 0 Å². The lowest BCUT2D eigenvalue weighted by atomic mass is 10.0. The van der Waals surface area contributed by atoms with E-state index in [-0.39, 0.29) is 0 Å². The van der Waals surface area contributed by atoms with Crippen LogP contribution < -0.4 is 5.32 Å². The summed E-state index contributed by atoms with van der Waals surface area (Å²) in [6, 6.07) is 10.3. The number of aromatic nitrogens is 2. The van der Waals surface area contributed by atoms with Crippen LogP contribution in [-0.2, 0) is 6.42 Å². The second kappa shape index (κ2) is 6.48. The summed E-state index contributed by atoms with van der Waals surface area (Å²) < 4.78 is 5.33. The van der Waals surface area contributed by atoms with Gasteiger partial charge in [0.2, 0.25) is 11.7 Å². The Balaban J connectivity index is 2.05. The Morgan fingerprint density at radius 1 is 1.21 bits per heavy atom. The maximum Gasteiger partial charge on any atom is 0.228 e. The molecule has 0 aliphatic carbocycles. The maximum absolute atomic E-state index is 5.33. The van der Waals surface area contributed by atoms with Crippen molar-refractivity contribution in [3.8, 4) is 11.4 Å². The van der Waals surface area contributed by atoms with Crippen LogP contribution in [0.25, 0.3) is 11.4 Å². The zero-order valence-electron chi connectivity index (χ0n) is 11.8. The number of benzene rings is 1. The molecule has 0 fully saturated rings. The van der Waals surface area contributed by atoms with Gasteiger partial charge in [-0.2, -0.15) is 4.98 Å². The van der Waals surface area contributed by atoms with Crippen LogP contribution in [0, 0.1) is 5.92 Å². The van der Waals surface area contributed by atoms with Crippen LogP contribution in [0.4, 0.5) is 0 Å². The topological polar surface area (TPSA) is 51.0 Å². The van der Waals surface area contributed by atoms with Gasteiger partial charge in [-0.1, -0.05) is 49.3 Å². The number of hydrogen-bond acceptors (Lipinski definition) is 4. The van der Waals surface area contributed by atoms with Gasteiger partial charge in [-0.15, -0.1) is 0 Å². The van der Waals surface area contributed by atoms with Gasteiger partial charge in [0, 0.05) is 18.0 Å². The Labute approximate surface area is 114 Å². The molecule has 4 nitrogen and oxygen atoms in total. The predicted octanol–water partition coefficient (Wildman–Crippen LogP) is 2.91. The second-order valence-electron chi connectivity index (χ2n) is 5.20. The van der Waals surface area contributed by atoms with E-state index in [1.165, 1.54) is 0 Å². The minimum absolute atomic E-state index is 0.379. The maximum atomic E-state index is 5.33. The Kier molecular flexibility index (Phi) is 4.68. The van der Waals surface area contributed by atoms with Crippen molar-refractivity contribution in [2.75, 3.05) is 7.05 Å². The molecule has 1 atom stereocenters. The highest BCUT2D eigenvalue weighted by molar-refractivity contribution is 5.53. The van der Waals surface area contributed by atoms with Gasteiger partial charge in [-0.05, 0) is 19.4 Å². The van der Waals surface area contributed by atoms with Crippen molar-refractivity contribution in [3.63, 3.8) is 0 Å². The summed E-state index contributed by atoms with van der Waals surface area (Å²) in [4.78, 5) is 4.46. The number of rotatable bonds is 6. The third kappa shape index (κ3) is 3.89. The quantitative estimate of drug-likeness (QED) is 0.866. The molecule has 1 unspecified atom stereocenters. The molecule has 4 heteroatoms. The molecular weight excluding hydrogens is 238 g/mol. The standard InChI is InChI=1S/C15H21N3O/c1-11(2)9-13(16-3)10-14-17-15(18-19-14)12-7-5-4-6-8-12/h4-8,11,13,16H,9-10H2,1-3H3. The van der Waals surface area contributed by atoms with Crippen LogP contribution in [0.3, 0.4) is 0 Å².